The van der Waals surface area contributed by atoms with Gasteiger partial charge in [0.15, 0.2) is 0 Å². The van der Waals surface area contributed by atoms with Gasteiger partial charge in [0.05, 0.1) is 31.5 Å². The summed E-state index contributed by atoms with van der Waals surface area (Å²) in [6.45, 7) is 2.96. The van der Waals surface area contributed by atoms with Crippen LogP contribution in [0.25, 0.3) is 11.3 Å². The van der Waals surface area contributed by atoms with Crippen LogP contribution in [0, 0.1) is 0 Å². The van der Waals surface area contributed by atoms with E-state index in [4.69, 9.17) is 9.15 Å². The number of carboxylic acids is 1. The van der Waals surface area contributed by atoms with Crippen molar-refractivity contribution in [2.75, 3.05) is 32.8 Å². The lowest BCUT2D eigenvalue weighted by molar-refractivity contribution is -0.123. The molecule has 0 saturated carbocycles. The Morgan fingerprint density at radius 2 is 1.96 bits per heavy atom. The molecule has 0 bridgehead atoms. The van der Waals surface area contributed by atoms with Gasteiger partial charge in [0, 0.05) is 18.7 Å². The zero-order valence-corrected chi connectivity index (χ0v) is 14.1. The second kappa shape index (κ2) is 8.41. The summed E-state index contributed by atoms with van der Waals surface area (Å²) in [6.07, 6.45) is 1.38. The van der Waals surface area contributed by atoms with Gasteiger partial charge >= 0.3 is 5.97 Å². The highest BCUT2D eigenvalue weighted by molar-refractivity contribution is 5.95. The number of amides is 1. The molecule has 1 aliphatic heterocycles. The summed E-state index contributed by atoms with van der Waals surface area (Å²) in [5.41, 5.74) is 3.09. The molecule has 2 heterocycles. The number of carbonyl (C=O) groups is 2. The third kappa shape index (κ3) is 4.56. The first-order chi connectivity index (χ1) is 12.6. The molecule has 136 valence electrons. The molecule has 0 radical (unpaired) electrons. The summed E-state index contributed by atoms with van der Waals surface area (Å²) in [5, 5.41) is 13.1. The van der Waals surface area contributed by atoms with Gasteiger partial charge in [-0.2, -0.15) is 5.10 Å². The number of hydrazone groups is 1. The molecule has 0 spiro atoms. The Balaban J connectivity index is 1.59. The van der Waals surface area contributed by atoms with Crippen molar-refractivity contribution >= 4 is 18.1 Å². The minimum absolute atomic E-state index is 0.157. The molecule has 0 aliphatic carbocycles. The van der Waals surface area contributed by atoms with E-state index in [1.54, 1.807) is 30.3 Å². The zero-order valence-electron chi connectivity index (χ0n) is 14.1. The van der Waals surface area contributed by atoms with Crippen LogP contribution in [-0.4, -0.2) is 60.9 Å². The quantitative estimate of drug-likeness (QED) is 0.599. The monoisotopic (exact) mass is 357 g/mol. The van der Waals surface area contributed by atoms with E-state index < -0.39 is 5.97 Å². The lowest BCUT2D eigenvalue weighted by Gasteiger charge is -2.25. The van der Waals surface area contributed by atoms with Gasteiger partial charge < -0.3 is 14.3 Å². The number of carboxylic acid groups (broad SMARTS) is 1. The molecule has 1 aromatic carbocycles. The van der Waals surface area contributed by atoms with Crippen molar-refractivity contribution in [1.29, 1.82) is 0 Å². The van der Waals surface area contributed by atoms with Crippen LogP contribution in [0.1, 0.15) is 16.1 Å². The number of hydrogen-bond donors (Lipinski definition) is 2. The SMILES string of the molecule is O=C(CN1CCOCC1)N/N=C\c1ccc(-c2ccccc2C(=O)O)o1. The fraction of sp³-hybridized carbons (Fsp3) is 0.278. The van der Waals surface area contributed by atoms with Crippen molar-refractivity contribution in [1.82, 2.24) is 10.3 Å². The number of morpholine rings is 1. The molecule has 1 aromatic heterocycles. The highest BCUT2D eigenvalue weighted by atomic mass is 16.5. The molecule has 1 saturated heterocycles. The Morgan fingerprint density at radius 3 is 2.73 bits per heavy atom. The Bertz CT molecular complexity index is 809. The molecule has 0 atom stereocenters. The number of aromatic carboxylic acids is 1. The molecule has 0 unspecified atom stereocenters. The predicted molar refractivity (Wildman–Crippen MR) is 94.1 cm³/mol. The first-order valence-electron chi connectivity index (χ1n) is 8.18. The number of benzene rings is 1. The molecule has 1 fully saturated rings. The van der Waals surface area contributed by atoms with Crippen LogP contribution in [0.4, 0.5) is 0 Å². The number of furan rings is 1. The van der Waals surface area contributed by atoms with Gasteiger partial charge in [0.25, 0.3) is 5.91 Å². The second-order valence-electron chi connectivity index (χ2n) is 5.73. The van der Waals surface area contributed by atoms with E-state index in [1.807, 2.05) is 4.90 Å². The van der Waals surface area contributed by atoms with E-state index in [0.717, 1.165) is 13.1 Å². The fourth-order valence-electron chi connectivity index (χ4n) is 2.62. The maximum Gasteiger partial charge on any atom is 0.336 e. The Hall–Kier alpha value is -2.97. The van der Waals surface area contributed by atoms with Crippen molar-refractivity contribution in [3.8, 4) is 11.3 Å². The second-order valence-corrected chi connectivity index (χ2v) is 5.73. The van der Waals surface area contributed by atoms with Gasteiger partial charge in [-0.1, -0.05) is 18.2 Å². The normalized spacial score (nSPS) is 15.2. The van der Waals surface area contributed by atoms with E-state index in [1.165, 1.54) is 12.3 Å². The summed E-state index contributed by atoms with van der Waals surface area (Å²) in [6, 6.07) is 9.91. The molecule has 2 N–H and O–H groups in total. The van der Waals surface area contributed by atoms with E-state index in [0.29, 0.717) is 30.3 Å². The minimum atomic E-state index is -1.03. The first-order valence-corrected chi connectivity index (χ1v) is 8.18. The van der Waals surface area contributed by atoms with Gasteiger partial charge in [0.2, 0.25) is 0 Å². The van der Waals surface area contributed by atoms with E-state index in [2.05, 4.69) is 10.5 Å². The van der Waals surface area contributed by atoms with Crippen LogP contribution < -0.4 is 5.43 Å². The average molecular weight is 357 g/mol. The summed E-state index contributed by atoms with van der Waals surface area (Å²) in [7, 11) is 0. The highest BCUT2D eigenvalue weighted by Gasteiger charge is 2.14. The molecular formula is C18H19N3O5. The van der Waals surface area contributed by atoms with Crippen molar-refractivity contribution < 1.29 is 23.8 Å². The van der Waals surface area contributed by atoms with Gasteiger partial charge in [-0.05, 0) is 18.2 Å². The molecule has 1 aliphatic rings. The van der Waals surface area contributed by atoms with Gasteiger partial charge in [-0.3, -0.25) is 9.69 Å². The Labute approximate surface area is 150 Å². The number of hydrogen-bond acceptors (Lipinski definition) is 6. The van der Waals surface area contributed by atoms with E-state index in [-0.39, 0.29) is 18.0 Å². The minimum Gasteiger partial charge on any atom is -0.478 e. The van der Waals surface area contributed by atoms with Crippen LogP contribution in [0.2, 0.25) is 0 Å². The fourth-order valence-corrected chi connectivity index (χ4v) is 2.62. The maximum atomic E-state index is 11.8. The number of nitrogens with one attached hydrogen (secondary N) is 1. The van der Waals surface area contributed by atoms with Crippen LogP contribution in [0.3, 0.4) is 0 Å². The molecular weight excluding hydrogens is 338 g/mol. The largest absolute Gasteiger partial charge is 0.478 e. The average Bonchev–Trinajstić information content (AvgIpc) is 3.11. The van der Waals surface area contributed by atoms with Gasteiger partial charge in [-0.15, -0.1) is 0 Å². The summed E-state index contributed by atoms with van der Waals surface area (Å²) < 4.78 is 10.8. The standard InChI is InChI=1S/C18H19N3O5/c22-17(12-21-7-9-25-10-8-21)20-19-11-13-5-6-16(26-13)14-3-1-2-4-15(14)18(23)24/h1-6,11H,7-10,12H2,(H,20,22)(H,23,24)/b19-11-. The van der Waals surface area contributed by atoms with Crippen molar-refractivity contribution in [2.24, 2.45) is 5.10 Å². The molecule has 3 rings (SSSR count). The Morgan fingerprint density at radius 1 is 1.19 bits per heavy atom. The van der Waals surface area contributed by atoms with E-state index >= 15 is 0 Å². The first kappa shape index (κ1) is 17.8. The van der Waals surface area contributed by atoms with Crippen molar-refractivity contribution in [3.05, 3.63) is 47.7 Å². The highest BCUT2D eigenvalue weighted by Crippen LogP contribution is 2.25. The predicted octanol–water partition coefficient (Wildman–Crippen LogP) is 1.43. The lowest BCUT2D eigenvalue weighted by Crippen LogP contribution is -2.42. The van der Waals surface area contributed by atoms with Gasteiger partial charge in [-0.25, -0.2) is 10.2 Å². The third-order valence-electron chi connectivity index (χ3n) is 3.90. The molecule has 2 aromatic rings. The Kier molecular flexibility index (Phi) is 5.77. The van der Waals surface area contributed by atoms with Crippen molar-refractivity contribution in [2.45, 2.75) is 0 Å². The van der Waals surface area contributed by atoms with Gasteiger partial charge in [0.1, 0.15) is 11.5 Å². The number of carbonyl (C=O) groups excluding carboxylic acids is 1. The van der Waals surface area contributed by atoms with Crippen LogP contribution in [0.5, 0.6) is 0 Å². The van der Waals surface area contributed by atoms with Crippen LogP contribution >= 0.6 is 0 Å². The number of rotatable bonds is 6. The summed E-state index contributed by atoms with van der Waals surface area (Å²) in [4.78, 5) is 25.1. The molecule has 8 heteroatoms. The summed E-state index contributed by atoms with van der Waals surface area (Å²) in [5.74, 6) is -0.412. The molecule has 8 nitrogen and oxygen atoms in total. The van der Waals surface area contributed by atoms with Crippen molar-refractivity contribution in [3.63, 3.8) is 0 Å². The molecule has 26 heavy (non-hydrogen) atoms. The smallest absolute Gasteiger partial charge is 0.336 e. The lowest BCUT2D eigenvalue weighted by atomic mass is 10.1. The number of nitrogens with zero attached hydrogens (tertiary/aromatic N) is 2. The summed E-state index contributed by atoms with van der Waals surface area (Å²) >= 11 is 0. The third-order valence-corrected chi connectivity index (χ3v) is 3.90. The topological polar surface area (TPSA) is 104 Å². The molecule has 1 amide bonds. The van der Waals surface area contributed by atoms with Crippen LogP contribution in [-0.2, 0) is 9.53 Å². The van der Waals surface area contributed by atoms with Crippen LogP contribution in [0.15, 0.2) is 45.9 Å². The maximum absolute atomic E-state index is 11.8. The van der Waals surface area contributed by atoms with E-state index in [9.17, 15) is 14.7 Å². The number of ether oxygens (including phenoxy) is 1. The zero-order chi connectivity index (χ0) is 18.4.